The van der Waals surface area contributed by atoms with Gasteiger partial charge in [-0.1, -0.05) is 31.2 Å². The summed E-state index contributed by atoms with van der Waals surface area (Å²) in [5.74, 6) is 0.0145. The third-order valence-corrected chi connectivity index (χ3v) is 5.98. The number of hydrogen-bond acceptors (Lipinski definition) is 2. The van der Waals surface area contributed by atoms with Gasteiger partial charge in [0.05, 0.1) is 0 Å². The molecule has 0 unspecified atom stereocenters. The smallest absolute Gasteiger partial charge is 0.242 e. The van der Waals surface area contributed by atoms with Gasteiger partial charge >= 0.3 is 0 Å². The van der Waals surface area contributed by atoms with E-state index in [1.165, 1.54) is 0 Å². The number of hydrogen-bond donors (Lipinski definition) is 1. The second kappa shape index (κ2) is 6.51. The lowest BCUT2D eigenvalue weighted by atomic mass is 9.95. The number of amides is 1. The summed E-state index contributed by atoms with van der Waals surface area (Å²) in [4.78, 5) is 14.3. The van der Waals surface area contributed by atoms with Crippen molar-refractivity contribution in [3.05, 3.63) is 59.4 Å². The largest absolute Gasteiger partial charge is 0.344 e. The van der Waals surface area contributed by atoms with E-state index in [0.717, 1.165) is 48.9 Å². The lowest BCUT2D eigenvalue weighted by Gasteiger charge is -2.23. The second-order valence-corrected chi connectivity index (χ2v) is 7.59. The van der Waals surface area contributed by atoms with Gasteiger partial charge in [-0.25, -0.2) is 4.39 Å². The summed E-state index contributed by atoms with van der Waals surface area (Å²) >= 11 is 0. The predicted octanol–water partition coefficient (Wildman–Crippen LogP) is 4.08. The maximum atomic E-state index is 14.4. The normalized spacial score (nSPS) is 25.4. The van der Waals surface area contributed by atoms with Crippen molar-refractivity contribution in [3.63, 3.8) is 0 Å². The van der Waals surface area contributed by atoms with E-state index >= 15 is 0 Å². The minimum Gasteiger partial charge on any atom is -0.344 e. The molecule has 0 aromatic heterocycles. The predicted molar refractivity (Wildman–Crippen MR) is 101 cm³/mol. The molecule has 4 heteroatoms. The zero-order valence-electron chi connectivity index (χ0n) is 15.4. The molecule has 1 N–H and O–H groups in total. The molecule has 0 aliphatic carbocycles. The minimum absolute atomic E-state index is 0.141. The number of carbonyl (C=O) groups excluding carboxylic acids is 1. The van der Waals surface area contributed by atoms with Gasteiger partial charge in [-0.15, -0.1) is 0 Å². The number of halogens is 1. The van der Waals surface area contributed by atoms with Crippen LogP contribution in [0.2, 0.25) is 0 Å². The van der Waals surface area contributed by atoms with E-state index in [2.05, 4.69) is 24.4 Å². The van der Waals surface area contributed by atoms with Crippen molar-refractivity contribution in [1.82, 2.24) is 10.2 Å². The summed E-state index contributed by atoms with van der Waals surface area (Å²) in [5.41, 5.74) is 3.40. The average molecular weight is 352 g/mol. The zero-order chi connectivity index (χ0) is 18.3. The number of aryl methyl sites for hydroxylation is 1. The summed E-state index contributed by atoms with van der Waals surface area (Å²) in [6.45, 7) is 2.89. The van der Waals surface area contributed by atoms with Crippen molar-refractivity contribution in [2.75, 3.05) is 13.6 Å². The van der Waals surface area contributed by atoms with E-state index in [1.807, 2.05) is 36.2 Å². The number of likely N-dealkylation sites (tertiary alicyclic amines) is 1. The van der Waals surface area contributed by atoms with Crippen LogP contribution in [0, 0.1) is 5.82 Å². The summed E-state index contributed by atoms with van der Waals surface area (Å²) in [6, 6.07) is 13.6. The highest BCUT2D eigenvalue weighted by atomic mass is 19.1. The van der Waals surface area contributed by atoms with E-state index in [4.69, 9.17) is 0 Å². The molecule has 2 aromatic carbocycles. The van der Waals surface area contributed by atoms with Gasteiger partial charge in [0.25, 0.3) is 0 Å². The molecular formula is C22H25FN2O. The Balaban J connectivity index is 1.62. The van der Waals surface area contributed by atoms with E-state index in [0.29, 0.717) is 5.56 Å². The van der Waals surface area contributed by atoms with E-state index in [-0.39, 0.29) is 17.8 Å². The maximum Gasteiger partial charge on any atom is 0.242 e. The lowest BCUT2D eigenvalue weighted by Crippen LogP contribution is -2.47. The first kappa shape index (κ1) is 17.2. The van der Waals surface area contributed by atoms with Gasteiger partial charge in [0, 0.05) is 25.2 Å². The van der Waals surface area contributed by atoms with Gasteiger partial charge in [0.2, 0.25) is 5.91 Å². The third kappa shape index (κ3) is 2.82. The van der Waals surface area contributed by atoms with Gasteiger partial charge in [0.1, 0.15) is 11.4 Å². The fourth-order valence-electron chi connectivity index (χ4n) is 4.35. The molecule has 0 saturated carbocycles. The first-order valence-electron chi connectivity index (χ1n) is 9.44. The van der Waals surface area contributed by atoms with E-state index < -0.39 is 5.54 Å². The Morgan fingerprint density at radius 2 is 2.08 bits per heavy atom. The van der Waals surface area contributed by atoms with Crippen LogP contribution in [0.4, 0.5) is 4.39 Å². The maximum absolute atomic E-state index is 14.4. The summed E-state index contributed by atoms with van der Waals surface area (Å²) in [6.07, 6.45) is 3.55. The molecule has 0 radical (unpaired) electrons. The van der Waals surface area contributed by atoms with Crippen LogP contribution in [0.5, 0.6) is 0 Å². The van der Waals surface area contributed by atoms with Crippen molar-refractivity contribution in [2.45, 2.75) is 44.2 Å². The Hall–Kier alpha value is -2.20. The van der Waals surface area contributed by atoms with Crippen molar-refractivity contribution >= 4 is 5.91 Å². The molecule has 2 atom stereocenters. The first-order valence-corrected chi connectivity index (χ1v) is 9.44. The van der Waals surface area contributed by atoms with Crippen molar-refractivity contribution in [1.29, 1.82) is 0 Å². The Bertz CT molecular complexity index is 850. The van der Waals surface area contributed by atoms with Gasteiger partial charge in [-0.05, 0) is 60.6 Å². The number of carbonyl (C=O) groups is 1. The molecule has 2 aliphatic rings. The number of nitrogens with one attached hydrogen (secondary N) is 1. The fraction of sp³-hybridized carbons (Fsp3) is 0.409. The van der Waals surface area contributed by atoms with Crippen LogP contribution >= 0.6 is 0 Å². The van der Waals surface area contributed by atoms with Gasteiger partial charge in [-0.2, -0.15) is 0 Å². The number of likely N-dealkylation sites (N-methyl/N-ethyl adjacent to an activating group) is 1. The number of rotatable bonds is 3. The number of nitrogens with zero attached hydrogens (tertiary/aromatic N) is 1. The Morgan fingerprint density at radius 3 is 2.81 bits per heavy atom. The minimum atomic E-state index is -0.400. The SMILES string of the molecule is CCc1ccc(F)c(-c2cccc([C@H]3CC[C@]4(CCN(C)C4=O)N3)c2)c1. The molecule has 2 aromatic rings. The standard InChI is InChI=1S/C22H25FN2O/c1-3-15-7-8-19(23)18(13-15)16-5-4-6-17(14-16)20-9-10-22(24-20)11-12-25(2)21(22)26/h4-8,13-14,20,24H,3,9-12H2,1-2H3/t20-,22-/m1/s1. The topological polar surface area (TPSA) is 32.3 Å². The van der Waals surface area contributed by atoms with Crippen LogP contribution in [-0.4, -0.2) is 29.9 Å². The molecule has 4 rings (SSSR count). The van der Waals surface area contributed by atoms with Gasteiger partial charge < -0.3 is 4.90 Å². The van der Waals surface area contributed by atoms with E-state index in [1.54, 1.807) is 6.07 Å². The highest BCUT2D eigenvalue weighted by Crippen LogP contribution is 2.39. The quantitative estimate of drug-likeness (QED) is 0.903. The van der Waals surface area contributed by atoms with E-state index in [9.17, 15) is 9.18 Å². The van der Waals surface area contributed by atoms with Gasteiger partial charge in [0.15, 0.2) is 0 Å². The molecular weight excluding hydrogens is 327 g/mol. The third-order valence-electron chi connectivity index (χ3n) is 5.98. The van der Waals surface area contributed by atoms with Crippen molar-refractivity contribution < 1.29 is 9.18 Å². The molecule has 1 spiro atoms. The van der Waals surface area contributed by atoms with Gasteiger partial charge in [-0.3, -0.25) is 10.1 Å². The summed E-state index contributed by atoms with van der Waals surface area (Å²) in [5, 5.41) is 3.59. The van der Waals surface area contributed by atoms with Crippen LogP contribution in [0.1, 0.15) is 43.4 Å². The van der Waals surface area contributed by atoms with Crippen LogP contribution < -0.4 is 5.32 Å². The number of benzene rings is 2. The molecule has 2 saturated heterocycles. The highest BCUT2D eigenvalue weighted by molar-refractivity contribution is 5.88. The Labute approximate surface area is 154 Å². The Kier molecular flexibility index (Phi) is 4.31. The van der Waals surface area contributed by atoms with Crippen molar-refractivity contribution in [3.8, 4) is 11.1 Å². The Morgan fingerprint density at radius 1 is 1.23 bits per heavy atom. The molecule has 2 aliphatic heterocycles. The lowest BCUT2D eigenvalue weighted by molar-refractivity contribution is -0.131. The van der Waals surface area contributed by atoms with Crippen LogP contribution in [-0.2, 0) is 11.2 Å². The molecule has 1 amide bonds. The van der Waals surface area contributed by atoms with Crippen molar-refractivity contribution in [2.24, 2.45) is 0 Å². The average Bonchev–Trinajstić information content (AvgIpc) is 3.22. The molecule has 3 nitrogen and oxygen atoms in total. The molecule has 2 fully saturated rings. The zero-order valence-corrected chi connectivity index (χ0v) is 15.4. The molecule has 136 valence electrons. The first-order chi connectivity index (χ1) is 12.5. The monoisotopic (exact) mass is 352 g/mol. The van der Waals surface area contributed by atoms with Crippen LogP contribution in [0.15, 0.2) is 42.5 Å². The van der Waals surface area contributed by atoms with Crippen LogP contribution in [0.3, 0.4) is 0 Å². The molecule has 2 heterocycles. The molecule has 26 heavy (non-hydrogen) atoms. The second-order valence-electron chi connectivity index (χ2n) is 7.59. The fourth-order valence-corrected chi connectivity index (χ4v) is 4.35. The highest BCUT2D eigenvalue weighted by Gasteiger charge is 2.49. The van der Waals surface area contributed by atoms with Crippen LogP contribution in [0.25, 0.3) is 11.1 Å². The summed E-state index contributed by atoms with van der Waals surface area (Å²) in [7, 11) is 1.87. The molecule has 0 bridgehead atoms. The summed E-state index contributed by atoms with van der Waals surface area (Å²) < 4.78 is 14.4.